The first-order valence-electron chi connectivity index (χ1n) is 10.00. The lowest BCUT2D eigenvalue weighted by Crippen LogP contribution is -2.38. The zero-order valence-electron chi connectivity index (χ0n) is 17.1. The zero-order chi connectivity index (χ0) is 21.6. The number of thioether (sulfide) groups is 2. The molecular formula is C20H23N7O2S2. The van der Waals surface area contributed by atoms with Crippen molar-refractivity contribution in [1.29, 1.82) is 0 Å². The van der Waals surface area contributed by atoms with E-state index in [0.29, 0.717) is 22.5 Å². The van der Waals surface area contributed by atoms with E-state index in [4.69, 9.17) is 0 Å². The number of nitrogens with zero attached hydrogens (tertiary/aromatic N) is 5. The van der Waals surface area contributed by atoms with Gasteiger partial charge in [-0.05, 0) is 61.5 Å². The van der Waals surface area contributed by atoms with Crippen molar-refractivity contribution < 1.29 is 9.59 Å². The summed E-state index contributed by atoms with van der Waals surface area (Å²) in [6.07, 6.45) is 9.19. The van der Waals surface area contributed by atoms with Gasteiger partial charge in [0, 0.05) is 32.0 Å². The molecule has 2 fully saturated rings. The van der Waals surface area contributed by atoms with Gasteiger partial charge in [-0.2, -0.15) is 0 Å². The third-order valence-electron chi connectivity index (χ3n) is 5.10. The lowest BCUT2D eigenvalue weighted by molar-refractivity contribution is -0.115. The van der Waals surface area contributed by atoms with Crippen LogP contribution in [0.25, 0.3) is 6.08 Å². The average molecular weight is 458 g/mol. The Morgan fingerprint density at radius 3 is 2.77 bits per heavy atom. The summed E-state index contributed by atoms with van der Waals surface area (Å²) in [6.45, 7) is 3.44. The highest BCUT2D eigenvalue weighted by Crippen LogP contribution is 2.26. The Bertz CT molecular complexity index is 993. The molecule has 2 saturated heterocycles. The number of hydrogen-bond acceptors (Lipinski definition) is 10. The monoisotopic (exact) mass is 457 g/mol. The van der Waals surface area contributed by atoms with E-state index in [-0.39, 0.29) is 11.1 Å². The zero-order valence-corrected chi connectivity index (χ0v) is 18.7. The van der Waals surface area contributed by atoms with Gasteiger partial charge in [-0.1, -0.05) is 11.8 Å². The molecule has 0 atom stereocenters. The Labute approximate surface area is 188 Å². The average Bonchev–Trinajstić information content (AvgIpc) is 3.11. The Kier molecular flexibility index (Phi) is 7.15. The lowest BCUT2D eigenvalue weighted by atomic mass is 9.97. The minimum absolute atomic E-state index is 0.354. The maximum Gasteiger partial charge on any atom is 0.290 e. The van der Waals surface area contributed by atoms with Gasteiger partial charge in [-0.25, -0.2) is 19.9 Å². The normalized spacial score (nSPS) is 18.6. The number of nitrogens with one attached hydrogen (secondary N) is 2. The van der Waals surface area contributed by atoms with Gasteiger partial charge < -0.3 is 10.2 Å². The number of imide groups is 1. The van der Waals surface area contributed by atoms with Crippen LogP contribution in [0.2, 0.25) is 0 Å². The Morgan fingerprint density at radius 1 is 1.23 bits per heavy atom. The molecule has 0 saturated carbocycles. The fourth-order valence-electron chi connectivity index (χ4n) is 3.46. The largest absolute Gasteiger partial charge is 0.341 e. The van der Waals surface area contributed by atoms with E-state index in [1.807, 2.05) is 12.3 Å². The first-order chi connectivity index (χ1) is 15.1. The second-order valence-electron chi connectivity index (χ2n) is 7.23. The summed E-state index contributed by atoms with van der Waals surface area (Å²) in [5.41, 5.74) is 1.63. The summed E-state index contributed by atoms with van der Waals surface area (Å²) >= 11 is 2.44. The van der Waals surface area contributed by atoms with Crippen LogP contribution in [0.5, 0.6) is 0 Å². The second-order valence-corrected chi connectivity index (χ2v) is 9.02. The summed E-state index contributed by atoms with van der Waals surface area (Å²) in [6, 6.07) is 3.68. The number of aromatic nitrogens is 4. The number of carbonyl (C=O) groups excluding carboxylic acids is 2. The van der Waals surface area contributed by atoms with Gasteiger partial charge in [0.2, 0.25) is 5.95 Å². The third kappa shape index (κ3) is 5.81. The number of hydrogen-bond donors (Lipinski definition) is 2. The van der Waals surface area contributed by atoms with Gasteiger partial charge >= 0.3 is 0 Å². The fraction of sp³-hybridized carbons (Fsp3) is 0.400. The third-order valence-corrected chi connectivity index (χ3v) is 6.47. The van der Waals surface area contributed by atoms with Crippen LogP contribution in [0.3, 0.4) is 0 Å². The summed E-state index contributed by atoms with van der Waals surface area (Å²) in [4.78, 5) is 43.2. The van der Waals surface area contributed by atoms with Gasteiger partial charge in [0.05, 0.1) is 16.3 Å². The minimum Gasteiger partial charge on any atom is -0.341 e. The molecule has 0 unspecified atom stereocenters. The summed E-state index contributed by atoms with van der Waals surface area (Å²) in [5.74, 6) is 0.865. The van der Waals surface area contributed by atoms with Crippen molar-refractivity contribution >= 4 is 46.7 Å². The van der Waals surface area contributed by atoms with Crippen molar-refractivity contribution in [3.8, 4) is 0 Å². The molecule has 4 rings (SSSR count). The highest BCUT2D eigenvalue weighted by Gasteiger charge is 2.25. The molecule has 9 nitrogen and oxygen atoms in total. The van der Waals surface area contributed by atoms with Crippen molar-refractivity contribution in [1.82, 2.24) is 30.6 Å². The van der Waals surface area contributed by atoms with E-state index >= 15 is 0 Å². The highest BCUT2D eigenvalue weighted by atomic mass is 32.2. The van der Waals surface area contributed by atoms with Crippen LogP contribution in [0.4, 0.5) is 10.7 Å². The molecular weight excluding hydrogens is 434 g/mol. The molecule has 0 aromatic carbocycles. The van der Waals surface area contributed by atoms with Gasteiger partial charge in [0.1, 0.15) is 0 Å². The first-order valence-corrected chi connectivity index (χ1v) is 12.0. The number of amides is 2. The topological polar surface area (TPSA) is 113 Å². The molecule has 2 aliphatic rings. The molecule has 162 valence electrons. The van der Waals surface area contributed by atoms with E-state index in [9.17, 15) is 9.59 Å². The number of piperidine rings is 1. The Hall–Kier alpha value is -2.50. The molecule has 2 aromatic heterocycles. The van der Waals surface area contributed by atoms with Crippen LogP contribution in [0.1, 0.15) is 24.2 Å². The first kappa shape index (κ1) is 21.7. The SMILES string of the molecule is CSc1nccc(CNCC2CCN(c3nccc(/C=C4/SC(=O)NC4=O)n3)CC2)n1. The summed E-state index contributed by atoms with van der Waals surface area (Å²) in [5, 5.41) is 6.20. The maximum absolute atomic E-state index is 11.7. The number of anilines is 1. The van der Waals surface area contributed by atoms with E-state index in [1.54, 1.807) is 36.3 Å². The molecule has 2 N–H and O–H groups in total. The van der Waals surface area contributed by atoms with Crippen LogP contribution in [-0.2, 0) is 11.3 Å². The summed E-state index contributed by atoms with van der Waals surface area (Å²) < 4.78 is 0. The molecule has 2 aliphatic heterocycles. The van der Waals surface area contributed by atoms with Crippen molar-refractivity contribution in [3.63, 3.8) is 0 Å². The van der Waals surface area contributed by atoms with Crippen LogP contribution in [-0.4, -0.2) is 57.0 Å². The van der Waals surface area contributed by atoms with Crippen LogP contribution in [0, 0.1) is 5.92 Å². The molecule has 0 spiro atoms. The van der Waals surface area contributed by atoms with E-state index in [2.05, 4.69) is 35.5 Å². The van der Waals surface area contributed by atoms with Crippen molar-refractivity contribution in [3.05, 3.63) is 40.8 Å². The number of carbonyl (C=O) groups is 2. The fourth-order valence-corrected chi connectivity index (χ4v) is 4.51. The maximum atomic E-state index is 11.7. The quantitative estimate of drug-likeness (QED) is 0.365. The minimum atomic E-state index is -0.380. The summed E-state index contributed by atoms with van der Waals surface area (Å²) in [7, 11) is 0. The Morgan fingerprint density at radius 2 is 2.03 bits per heavy atom. The van der Waals surface area contributed by atoms with Gasteiger partial charge in [0.15, 0.2) is 5.16 Å². The molecule has 2 amide bonds. The van der Waals surface area contributed by atoms with Crippen molar-refractivity contribution in [2.75, 3.05) is 30.8 Å². The van der Waals surface area contributed by atoms with Crippen molar-refractivity contribution in [2.24, 2.45) is 5.92 Å². The predicted octanol–water partition coefficient (Wildman–Crippen LogP) is 2.32. The van der Waals surface area contributed by atoms with E-state index in [1.165, 1.54) is 0 Å². The Balaban J connectivity index is 1.27. The molecule has 11 heteroatoms. The molecule has 0 bridgehead atoms. The second kappa shape index (κ2) is 10.2. The predicted molar refractivity (Wildman–Crippen MR) is 122 cm³/mol. The highest BCUT2D eigenvalue weighted by molar-refractivity contribution is 8.18. The molecule has 2 aromatic rings. The van der Waals surface area contributed by atoms with Crippen LogP contribution < -0.4 is 15.5 Å². The standard InChI is InChI=1S/C20H23N7O2S2/c1-30-19-23-7-3-15(25-19)12-21-11-13-4-8-27(9-5-13)18-22-6-2-14(24-18)10-16-17(28)26-20(29)31-16/h2-3,6-7,10,13,21H,4-5,8-9,11-12H2,1H3,(H,26,28,29)/b16-10+. The van der Waals surface area contributed by atoms with Crippen molar-refractivity contribution in [2.45, 2.75) is 24.5 Å². The van der Waals surface area contributed by atoms with Gasteiger partial charge in [-0.15, -0.1) is 0 Å². The molecule has 0 aliphatic carbocycles. The van der Waals surface area contributed by atoms with Crippen LogP contribution >= 0.6 is 23.5 Å². The van der Waals surface area contributed by atoms with E-state index in [0.717, 1.165) is 61.6 Å². The van der Waals surface area contributed by atoms with Crippen LogP contribution in [0.15, 0.2) is 34.6 Å². The smallest absolute Gasteiger partial charge is 0.290 e. The van der Waals surface area contributed by atoms with E-state index < -0.39 is 0 Å². The van der Waals surface area contributed by atoms with Gasteiger partial charge in [-0.3, -0.25) is 14.9 Å². The molecule has 0 radical (unpaired) electrons. The number of rotatable bonds is 7. The molecule has 4 heterocycles. The lowest BCUT2D eigenvalue weighted by Gasteiger charge is -2.32. The molecule has 31 heavy (non-hydrogen) atoms. The van der Waals surface area contributed by atoms with Gasteiger partial charge in [0.25, 0.3) is 11.1 Å².